The number of hydrogen-bond acceptors (Lipinski definition) is 4. The van der Waals surface area contributed by atoms with Crippen molar-refractivity contribution in [1.29, 1.82) is 0 Å². The van der Waals surface area contributed by atoms with Crippen molar-refractivity contribution in [3.63, 3.8) is 0 Å². The quantitative estimate of drug-likeness (QED) is 0.829. The van der Waals surface area contributed by atoms with Crippen LogP contribution in [0.1, 0.15) is 45.0 Å². The van der Waals surface area contributed by atoms with Crippen LogP contribution in [0.4, 0.5) is 5.82 Å². The molecular weight excluding hydrogens is 190 g/mol. The zero-order valence-electron chi connectivity index (χ0n) is 10.0. The van der Waals surface area contributed by atoms with Crippen molar-refractivity contribution in [1.82, 2.24) is 9.97 Å². The first-order valence-corrected chi connectivity index (χ1v) is 5.22. The Hall–Kier alpha value is -1.32. The zero-order chi connectivity index (χ0) is 11.6. The Morgan fingerprint density at radius 2 is 1.73 bits per heavy atom. The summed E-state index contributed by atoms with van der Waals surface area (Å²) in [5, 5.41) is 0. The summed E-state index contributed by atoms with van der Waals surface area (Å²) >= 11 is 0. The zero-order valence-corrected chi connectivity index (χ0v) is 10.0. The molecule has 0 saturated carbocycles. The fourth-order valence-electron chi connectivity index (χ4n) is 1.13. The van der Waals surface area contributed by atoms with E-state index in [1.165, 1.54) is 0 Å². The van der Waals surface area contributed by atoms with E-state index in [9.17, 15) is 0 Å². The van der Waals surface area contributed by atoms with Gasteiger partial charge in [0, 0.05) is 5.92 Å². The molecule has 0 aliphatic heterocycles. The molecule has 0 unspecified atom stereocenters. The van der Waals surface area contributed by atoms with Crippen molar-refractivity contribution < 1.29 is 4.74 Å². The minimum absolute atomic E-state index is 0.0954. The first kappa shape index (κ1) is 11.8. The van der Waals surface area contributed by atoms with Gasteiger partial charge in [0.25, 0.3) is 0 Å². The second-order valence-electron chi connectivity index (χ2n) is 4.22. The molecule has 0 aliphatic carbocycles. The van der Waals surface area contributed by atoms with Gasteiger partial charge in [0.05, 0.1) is 11.7 Å². The minimum atomic E-state index is 0.0954. The summed E-state index contributed by atoms with van der Waals surface area (Å²) < 4.78 is 5.59. The van der Waals surface area contributed by atoms with Crippen LogP contribution in [0.25, 0.3) is 0 Å². The third-order valence-electron chi connectivity index (χ3n) is 2.02. The lowest BCUT2D eigenvalue weighted by molar-refractivity contribution is 0.229. The molecule has 15 heavy (non-hydrogen) atoms. The second-order valence-corrected chi connectivity index (χ2v) is 4.22. The van der Waals surface area contributed by atoms with Gasteiger partial charge in [-0.3, -0.25) is 0 Å². The minimum Gasteiger partial charge on any atom is -0.475 e. The summed E-state index contributed by atoms with van der Waals surface area (Å²) in [6, 6.07) is 0. The number of nitrogen functional groups attached to an aromatic ring is 1. The van der Waals surface area contributed by atoms with Crippen molar-refractivity contribution in [2.24, 2.45) is 0 Å². The maximum Gasteiger partial charge on any atom is 0.222 e. The van der Waals surface area contributed by atoms with Gasteiger partial charge in [0.2, 0.25) is 5.88 Å². The summed E-state index contributed by atoms with van der Waals surface area (Å²) in [4.78, 5) is 8.59. The van der Waals surface area contributed by atoms with E-state index in [2.05, 4.69) is 9.97 Å². The highest BCUT2D eigenvalue weighted by molar-refractivity contribution is 5.44. The van der Waals surface area contributed by atoms with E-state index in [0.29, 0.717) is 11.7 Å². The van der Waals surface area contributed by atoms with Gasteiger partial charge < -0.3 is 10.5 Å². The van der Waals surface area contributed by atoms with Gasteiger partial charge >= 0.3 is 0 Å². The average Bonchev–Trinajstić information content (AvgIpc) is 2.11. The molecule has 0 saturated heterocycles. The number of rotatable bonds is 3. The Kier molecular flexibility index (Phi) is 3.50. The highest BCUT2D eigenvalue weighted by Gasteiger charge is 2.12. The molecule has 4 heteroatoms. The molecule has 0 fully saturated rings. The van der Waals surface area contributed by atoms with Crippen molar-refractivity contribution in [2.75, 3.05) is 5.73 Å². The normalized spacial score (nSPS) is 11.1. The summed E-state index contributed by atoms with van der Waals surface area (Å²) in [5.41, 5.74) is 6.62. The Balaban J connectivity index is 3.13. The molecule has 1 heterocycles. The molecule has 0 radical (unpaired) electrons. The molecule has 1 rings (SSSR count). The summed E-state index contributed by atoms with van der Waals surface area (Å²) in [5.74, 6) is 2.08. The predicted octanol–water partition coefficient (Wildman–Crippen LogP) is 2.28. The van der Waals surface area contributed by atoms with E-state index in [4.69, 9.17) is 10.5 Å². The van der Waals surface area contributed by atoms with E-state index >= 15 is 0 Å². The van der Waals surface area contributed by atoms with E-state index in [1.807, 2.05) is 34.6 Å². The number of nitrogens with zero attached hydrogens (tertiary/aromatic N) is 2. The lowest BCUT2D eigenvalue weighted by Gasteiger charge is -2.14. The Morgan fingerprint density at radius 3 is 2.20 bits per heavy atom. The topological polar surface area (TPSA) is 61.0 Å². The molecule has 0 spiro atoms. The van der Waals surface area contributed by atoms with E-state index in [-0.39, 0.29) is 12.0 Å². The number of ether oxygens (including phenoxy) is 1. The Morgan fingerprint density at radius 1 is 1.13 bits per heavy atom. The van der Waals surface area contributed by atoms with Gasteiger partial charge in [-0.25, -0.2) is 4.98 Å². The molecule has 4 nitrogen and oxygen atoms in total. The van der Waals surface area contributed by atoms with Gasteiger partial charge in [-0.1, -0.05) is 13.8 Å². The van der Waals surface area contributed by atoms with Gasteiger partial charge in [0.15, 0.2) is 0 Å². The Labute approximate surface area is 90.9 Å². The van der Waals surface area contributed by atoms with Gasteiger partial charge in [-0.05, 0) is 20.8 Å². The summed E-state index contributed by atoms with van der Waals surface area (Å²) in [7, 11) is 0. The van der Waals surface area contributed by atoms with E-state index in [1.54, 1.807) is 0 Å². The fourth-order valence-corrected chi connectivity index (χ4v) is 1.13. The molecule has 0 aromatic carbocycles. The van der Waals surface area contributed by atoms with Gasteiger partial charge in [-0.15, -0.1) is 0 Å². The van der Waals surface area contributed by atoms with Crippen LogP contribution in [0, 0.1) is 6.92 Å². The van der Waals surface area contributed by atoms with Crippen LogP contribution >= 0.6 is 0 Å². The number of nitrogens with two attached hydrogens (primary N) is 1. The van der Waals surface area contributed by atoms with Gasteiger partial charge in [0.1, 0.15) is 11.6 Å². The van der Waals surface area contributed by atoms with Crippen LogP contribution in [0.5, 0.6) is 5.88 Å². The third-order valence-corrected chi connectivity index (χ3v) is 2.02. The third kappa shape index (κ3) is 2.81. The molecule has 0 aliphatic rings. The lowest BCUT2D eigenvalue weighted by atomic mass is 10.2. The molecular formula is C11H19N3O. The number of aromatic nitrogens is 2. The maximum atomic E-state index is 5.80. The standard InChI is InChI=1S/C11H19N3O/c1-6(2)10-13-9(12)8(5)11(14-10)15-7(3)4/h6-7H,1-5H3,(H2,12,13,14). The maximum absolute atomic E-state index is 5.80. The monoisotopic (exact) mass is 209 g/mol. The molecule has 84 valence electrons. The number of anilines is 1. The van der Waals surface area contributed by atoms with Crippen LogP contribution in [-0.2, 0) is 0 Å². The number of hydrogen-bond donors (Lipinski definition) is 1. The van der Waals surface area contributed by atoms with Crippen LogP contribution in [0.2, 0.25) is 0 Å². The first-order valence-electron chi connectivity index (χ1n) is 5.22. The predicted molar refractivity (Wildman–Crippen MR) is 61.0 cm³/mol. The fraction of sp³-hybridized carbons (Fsp3) is 0.636. The van der Waals surface area contributed by atoms with Crippen molar-refractivity contribution >= 4 is 5.82 Å². The van der Waals surface area contributed by atoms with Crippen molar-refractivity contribution in [2.45, 2.75) is 46.6 Å². The molecule has 0 atom stereocenters. The second kappa shape index (κ2) is 4.47. The van der Waals surface area contributed by atoms with E-state index in [0.717, 1.165) is 11.4 Å². The lowest BCUT2D eigenvalue weighted by Crippen LogP contribution is -2.12. The molecule has 0 amide bonds. The largest absolute Gasteiger partial charge is 0.475 e. The molecule has 1 aromatic heterocycles. The van der Waals surface area contributed by atoms with Crippen LogP contribution in [0.15, 0.2) is 0 Å². The highest BCUT2D eigenvalue weighted by Crippen LogP contribution is 2.23. The SMILES string of the molecule is Cc1c(N)nc(C(C)C)nc1OC(C)C. The van der Waals surface area contributed by atoms with Crippen LogP contribution < -0.4 is 10.5 Å². The average molecular weight is 209 g/mol. The molecule has 0 bridgehead atoms. The van der Waals surface area contributed by atoms with Crippen molar-refractivity contribution in [3.8, 4) is 5.88 Å². The molecule has 1 aromatic rings. The van der Waals surface area contributed by atoms with E-state index < -0.39 is 0 Å². The molecule has 2 N–H and O–H groups in total. The first-order chi connectivity index (χ1) is 6.91. The van der Waals surface area contributed by atoms with Crippen LogP contribution in [0.3, 0.4) is 0 Å². The van der Waals surface area contributed by atoms with Crippen LogP contribution in [-0.4, -0.2) is 16.1 Å². The van der Waals surface area contributed by atoms with Crippen molar-refractivity contribution in [3.05, 3.63) is 11.4 Å². The smallest absolute Gasteiger partial charge is 0.222 e. The highest BCUT2D eigenvalue weighted by atomic mass is 16.5. The summed E-state index contributed by atoms with van der Waals surface area (Å²) in [6.45, 7) is 9.86. The van der Waals surface area contributed by atoms with Gasteiger partial charge in [-0.2, -0.15) is 4.98 Å². The Bertz CT molecular complexity index is 348. The summed E-state index contributed by atoms with van der Waals surface area (Å²) in [6.07, 6.45) is 0.0954.